The zero-order chi connectivity index (χ0) is 15.9. The Labute approximate surface area is 140 Å². The molecule has 1 heterocycles. The maximum atomic E-state index is 6.00. The molecule has 3 aromatic rings. The van der Waals surface area contributed by atoms with Crippen LogP contribution < -0.4 is 11.1 Å². The van der Waals surface area contributed by atoms with Crippen LogP contribution in [0.5, 0.6) is 0 Å². The smallest absolute Gasteiger partial charge is 0.141 e. The van der Waals surface area contributed by atoms with Gasteiger partial charge >= 0.3 is 0 Å². The van der Waals surface area contributed by atoms with Crippen molar-refractivity contribution in [3.05, 3.63) is 88.1 Å². The molecule has 4 heteroatoms. The van der Waals surface area contributed by atoms with E-state index in [4.69, 9.17) is 5.73 Å². The Hall–Kier alpha value is -2.43. The lowest BCUT2D eigenvalue weighted by molar-refractivity contribution is 0.693. The monoisotopic (exact) mass is 321 g/mol. The predicted molar refractivity (Wildman–Crippen MR) is 98.1 cm³/mol. The Morgan fingerprint density at radius 2 is 1.57 bits per heavy atom. The van der Waals surface area contributed by atoms with Crippen LogP contribution in [0.4, 0.5) is 5.69 Å². The van der Waals surface area contributed by atoms with Gasteiger partial charge in [-0.3, -0.25) is 0 Å². The number of aliphatic imine (C=N–C) groups is 1. The standard InChI is InChI=1S/C19H19N3S/c20-19(18-7-4-12-23-18)22-17-10-8-16(9-11-17)14-21-13-15-5-2-1-3-6-15/h1-12,21H,13-14H2,(H2,20,22). The van der Waals surface area contributed by atoms with E-state index in [1.165, 1.54) is 11.1 Å². The molecule has 2 aromatic carbocycles. The van der Waals surface area contributed by atoms with E-state index in [1.54, 1.807) is 11.3 Å². The van der Waals surface area contributed by atoms with Gasteiger partial charge in [0.2, 0.25) is 0 Å². The van der Waals surface area contributed by atoms with Gasteiger partial charge in [-0.05, 0) is 34.7 Å². The molecule has 0 radical (unpaired) electrons. The van der Waals surface area contributed by atoms with Gasteiger partial charge in [0.25, 0.3) is 0 Å². The normalized spacial score (nSPS) is 11.6. The van der Waals surface area contributed by atoms with Crippen LogP contribution in [-0.2, 0) is 13.1 Å². The summed E-state index contributed by atoms with van der Waals surface area (Å²) < 4.78 is 0. The molecular formula is C19H19N3S. The first-order valence-corrected chi connectivity index (χ1v) is 8.41. The molecule has 0 aliphatic heterocycles. The molecule has 0 aliphatic carbocycles. The number of nitrogens with one attached hydrogen (secondary N) is 1. The molecule has 0 amide bonds. The SMILES string of the molecule is NC(=Nc1ccc(CNCc2ccccc2)cc1)c1cccs1. The van der Waals surface area contributed by atoms with E-state index in [1.807, 2.05) is 35.7 Å². The second kappa shape index (κ2) is 7.72. The summed E-state index contributed by atoms with van der Waals surface area (Å²) >= 11 is 1.60. The zero-order valence-electron chi connectivity index (χ0n) is 12.8. The van der Waals surface area contributed by atoms with Gasteiger partial charge < -0.3 is 11.1 Å². The molecule has 3 rings (SSSR count). The lowest BCUT2D eigenvalue weighted by atomic mass is 10.2. The largest absolute Gasteiger partial charge is 0.383 e. The third kappa shape index (κ3) is 4.52. The Bertz CT molecular complexity index is 747. The Balaban J connectivity index is 1.56. The van der Waals surface area contributed by atoms with Gasteiger partial charge in [-0.1, -0.05) is 48.5 Å². The van der Waals surface area contributed by atoms with E-state index in [2.05, 4.69) is 46.7 Å². The van der Waals surface area contributed by atoms with Crippen LogP contribution in [0.3, 0.4) is 0 Å². The van der Waals surface area contributed by atoms with Crippen molar-refractivity contribution < 1.29 is 0 Å². The van der Waals surface area contributed by atoms with Gasteiger partial charge in [0.1, 0.15) is 5.84 Å². The number of hydrogen-bond acceptors (Lipinski definition) is 3. The molecule has 0 aliphatic rings. The molecule has 23 heavy (non-hydrogen) atoms. The van der Waals surface area contributed by atoms with Crippen molar-refractivity contribution in [1.82, 2.24) is 5.32 Å². The summed E-state index contributed by atoms with van der Waals surface area (Å²) in [6, 6.07) is 22.5. The van der Waals surface area contributed by atoms with E-state index in [-0.39, 0.29) is 0 Å². The molecule has 0 saturated heterocycles. The Morgan fingerprint density at radius 1 is 0.870 bits per heavy atom. The number of nitrogens with zero attached hydrogens (tertiary/aromatic N) is 1. The molecule has 3 N–H and O–H groups in total. The quantitative estimate of drug-likeness (QED) is 0.531. The van der Waals surface area contributed by atoms with Crippen molar-refractivity contribution >= 4 is 22.9 Å². The van der Waals surface area contributed by atoms with Crippen LogP contribution in [0, 0.1) is 0 Å². The fourth-order valence-corrected chi connectivity index (χ4v) is 2.88. The summed E-state index contributed by atoms with van der Waals surface area (Å²) in [5.74, 6) is 0.565. The summed E-state index contributed by atoms with van der Waals surface area (Å²) in [6.45, 7) is 1.70. The number of rotatable bonds is 6. The minimum Gasteiger partial charge on any atom is -0.383 e. The van der Waals surface area contributed by atoms with Gasteiger partial charge in [0.15, 0.2) is 0 Å². The highest BCUT2D eigenvalue weighted by Gasteiger charge is 2.00. The van der Waals surface area contributed by atoms with Crippen LogP contribution in [0.2, 0.25) is 0 Å². The second-order valence-electron chi connectivity index (χ2n) is 5.23. The summed E-state index contributed by atoms with van der Waals surface area (Å²) in [7, 11) is 0. The van der Waals surface area contributed by atoms with E-state index in [0.717, 1.165) is 23.7 Å². The van der Waals surface area contributed by atoms with Crippen molar-refractivity contribution in [2.75, 3.05) is 0 Å². The fraction of sp³-hybridized carbons (Fsp3) is 0.105. The molecule has 0 spiro atoms. The first-order chi connectivity index (χ1) is 11.3. The highest BCUT2D eigenvalue weighted by Crippen LogP contribution is 2.16. The molecular weight excluding hydrogens is 302 g/mol. The van der Waals surface area contributed by atoms with E-state index in [0.29, 0.717) is 5.84 Å². The number of amidine groups is 1. The van der Waals surface area contributed by atoms with Gasteiger partial charge in [0, 0.05) is 13.1 Å². The molecule has 0 saturated carbocycles. The van der Waals surface area contributed by atoms with Gasteiger partial charge in [-0.15, -0.1) is 11.3 Å². The Morgan fingerprint density at radius 3 is 2.22 bits per heavy atom. The number of nitrogens with two attached hydrogens (primary N) is 1. The predicted octanol–water partition coefficient (Wildman–Crippen LogP) is 4.07. The van der Waals surface area contributed by atoms with Crippen LogP contribution in [0.25, 0.3) is 0 Å². The minimum absolute atomic E-state index is 0.565. The number of thiophene rings is 1. The van der Waals surface area contributed by atoms with Crippen molar-refractivity contribution in [2.45, 2.75) is 13.1 Å². The lowest BCUT2D eigenvalue weighted by Crippen LogP contribution is -2.12. The van der Waals surface area contributed by atoms with Crippen molar-refractivity contribution in [3.63, 3.8) is 0 Å². The molecule has 116 valence electrons. The fourth-order valence-electron chi connectivity index (χ4n) is 2.25. The Kier molecular flexibility index (Phi) is 5.19. The van der Waals surface area contributed by atoms with Crippen LogP contribution in [0.1, 0.15) is 16.0 Å². The molecule has 0 fully saturated rings. The van der Waals surface area contributed by atoms with Crippen LogP contribution >= 0.6 is 11.3 Å². The van der Waals surface area contributed by atoms with Crippen LogP contribution in [0.15, 0.2) is 77.1 Å². The maximum absolute atomic E-state index is 6.00. The van der Waals surface area contributed by atoms with Crippen molar-refractivity contribution in [3.8, 4) is 0 Å². The van der Waals surface area contributed by atoms with E-state index in [9.17, 15) is 0 Å². The number of benzene rings is 2. The van der Waals surface area contributed by atoms with Crippen molar-refractivity contribution in [1.29, 1.82) is 0 Å². The van der Waals surface area contributed by atoms with Gasteiger partial charge in [0.05, 0.1) is 10.6 Å². The first kappa shape index (κ1) is 15.5. The van der Waals surface area contributed by atoms with Crippen molar-refractivity contribution in [2.24, 2.45) is 10.7 Å². The summed E-state index contributed by atoms with van der Waals surface area (Å²) in [5.41, 5.74) is 9.40. The van der Waals surface area contributed by atoms with Gasteiger partial charge in [-0.25, -0.2) is 4.99 Å². The first-order valence-electron chi connectivity index (χ1n) is 7.53. The summed E-state index contributed by atoms with van der Waals surface area (Å²) in [5, 5.41) is 5.44. The molecule has 0 unspecified atom stereocenters. The van der Waals surface area contributed by atoms with E-state index < -0.39 is 0 Å². The third-order valence-corrected chi connectivity index (χ3v) is 4.35. The topological polar surface area (TPSA) is 50.4 Å². The maximum Gasteiger partial charge on any atom is 0.141 e. The molecule has 3 nitrogen and oxygen atoms in total. The second-order valence-corrected chi connectivity index (χ2v) is 6.18. The number of hydrogen-bond donors (Lipinski definition) is 2. The summed E-state index contributed by atoms with van der Waals surface area (Å²) in [4.78, 5) is 5.45. The average molecular weight is 321 g/mol. The highest BCUT2D eigenvalue weighted by molar-refractivity contribution is 7.12. The average Bonchev–Trinajstić information content (AvgIpc) is 3.12. The molecule has 1 aromatic heterocycles. The molecule has 0 atom stereocenters. The lowest BCUT2D eigenvalue weighted by Gasteiger charge is -2.05. The highest BCUT2D eigenvalue weighted by atomic mass is 32.1. The van der Waals surface area contributed by atoms with Crippen LogP contribution in [-0.4, -0.2) is 5.84 Å². The zero-order valence-corrected chi connectivity index (χ0v) is 13.6. The van der Waals surface area contributed by atoms with E-state index >= 15 is 0 Å². The minimum atomic E-state index is 0.565. The van der Waals surface area contributed by atoms with Gasteiger partial charge in [-0.2, -0.15) is 0 Å². The molecule has 0 bridgehead atoms. The third-order valence-electron chi connectivity index (χ3n) is 3.46. The summed E-state index contributed by atoms with van der Waals surface area (Å²) in [6.07, 6.45) is 0.